The molecule has 1 N–H and O–H groups in total. The Morgan fingerprint density at radius 1 is 1.35 bits per heavy atom. The molecule has 130 valence electrons. The summed E-state index contributed by atoms with van der Waals surface area (Å²) in [5.41, 5.74) is 0.0195. The van der Waals surface area contributed by atoms with Crippen molar-refractivity contribution in [3.05, 3.63) is 35.4 Å². The van der Waals surface area contributed by atoms with Crippen molar-refractivity contribution in [2.75, 3.05) is 18.1 Å². The molecule has 0 amide bonds. The second-order valence-corrected chi connectivity index (χ2v) is 8.45. The molecule has 2 atom stereocenters. The van der Waals surface area contributed by atoms with Gasteiger partial charge in [0, 0.05) is 6.04 Å². The van der Waals surface area contributed by atoms with Gasteiger partial charge in [-0.15, -0.1) is 0 Å². The molecule has 1 saturated heterocycles. The van der Waals surface area contributed by atoms with Crippen LogP contribution in [0.3, 0.4) is 0 Å². The molecule has 1 aliphatic heterocycles. The van der Waals surface area contributed by atoms with E-state index in [-0.39, 0.29) is 23.5 Å². The summed E-state index contributed by atoms with van der Waals surface area (Å²) in [6, 6.07) is 5.35. The van der Waals surface area contributed by atoms with E-state index < -0.39 is 21.6 Å². The maximum absolute atomic E-state index is 12.7. The lowest BCUT2D eigenvalue weighted by atomic mass is 9.96. The van der Waals surface area contributed by atoms with E-state index in [1.807, 2.05) is 6.92 Å². The van der Waals surface area contributed by atoms with Crippen molar-refractivity contribution < 1.29 is 21.6 Å². The van der Waals surface area contributed by atoms with E-state index in [9.17, 15) is 21.6 Å². The van der Waals surface area contributed by atoms with Gasteiger partial charge in [0.1, 0.15) is 0 Å². The van der Waals surface area contributed by atoms with E-state index >= 15 is 0 Å². The largest absolute Gasteiger partial charge is 0.416 e. The first kappa shape index (κ1) is 18.3. The third-order valence-electron chi connectivity index (χ3n) is 4.26. The summed E-state index contributed by atoms with van der Waals surface area (Å²) >= 11 is 0. The SMILES string of the molecule is C[C@@H](CCN[C@@H]1CCCS(=O)(=O)C1)c1cccc(C(F)(F)F)c1. The van der Waals surface area contributed by atoms with Gasteiger partial charge in [-0.05, 0) is 43.4 Å². The maximum Gasteiger partial charge on any atom is 0.416 e. The summed E-state index contributed by atoms with van der Waals surface area (Å²) in [4.78, 5) is 0. The molecule has 0 unspecified atom stereocenters. The average molecular weight is 349 g/mol. The highest BCUT2D eigenvalue weighted by atomic mass is 32.2. The highest BCUT2D eigenvalue weighted by molar-refractivity contribution is 7.91. The lowest BCUT2D eigenvalue weighted by Crippen LogP contribution is -2.40. The molecule has 0 saturated carbocycles. The van der Waals surface area contributed by atoms with Crippen LogP contribution in [0.5, 0.6) is 0 Å². The van der Waals surface area contributed by atoms with Gasteiger partial charge < -0.3 is 5.32 Å². The van der Waals surface area contributed by atoms with E-state index in [2.05, 4.69) is 5.32 Å². The van der Waals surface area contributed by atoms with E-state index in [1.165, 1.54) is 12.1 Å². The van der Waals surface area contributed by atoms with Crippen LogP contribution in [0.15, 0.2) is 24.3 Å². The molecule has 3 nitrogen and oxygen atoms in total. The minimum absolute atomic E-state index is 0.0232. The fourth-order valence-electron chi connectivity index (χ4n) is 2.88. The Hall–Kier alpha value is -1.08. The minimum Gasteiger partial charge on any atom is -0.313 e. The lowest BCUT2D eigenvalue weighted by Gasteiger charge is -2.24. The molecular weight excluding hydrogens is 327 g/mol. The van der Waals surface area contributed by atoms with Crippen LogP contribution >= 0.6 is 0 Å². The first-order valence-electron chi connectivity index (χ1n) is 7.78. The first-order valence-corrected chi connectivity index (χ1v) is 9.60. The fourth-order valence-corrected chi connectivity index (χ4v) is 4.55. The normalized spacial score (nSPS) is 22.7. The summed E-state index contributed by atoms with van der Waals surface area (Å²) in [5, 5.41) is 3.22. The smallest absolute Gasteiger partial charge is 0.313 e. The maximum atomic E-state index is 12.7. The zero-order valence-electron chi connectivity index (χ0n) is 13.1. The average Bonchev–Trinajstić information content (AvgIpc) is 2.45. The predicted octanol–water partition coefficient (Wildman–Crippen LogP) is 3.37. The fraction of sp³-hybridized carbons (Fsp3) is 0.625. The minimum atomic E-state index is -4.33. The Morgan fingerprint density at radius 3 is 2.74 bits per heavy atom. The predicted molar refractivity (Wildman–Crippen MR) is 84.2 cm³/mol. The molecule has 1 fully saturated rings. The van der Waals surface area contributed by atoms with Crippen molar-refractivity contribution in [3.63, 3.8) is 0 Å². The van der Waals surface area contributed by atoms with Crippen LogP contribution in [0.4, 0.5) is 13.2 Å². The molecular formula is C16H22F3NO2S. The van der Waals surface area contributed by atoms with Crippen molar-refractivity contribution in [1.29, 1.82) is 0 Å². The van der Waals surface area contributed by atoms with E-state index in [0.29, 0.717) is 24.9 Å². The number of halogens is 3. The number of nitrogens with one attached hydrogen (secondary N) is 1. The number of hydrogen-bond acceptors (Lipinski definition) is 3. The monoisotopic (exact) mass is 349 g/mol. The summed E-state index contributed by atoms with van der Waals surface area (Å²) in [6.07, 6.45) is -2.16. The third-order valence-corrected chi connectivity index (χ3v) is 6.08. The molecule has 2 rings (SSSR count). The van der Waals surface area contributed by atoms with E-state index in [1.54, 1.807) is 6.07 Å². The van der Waals surface area contributed by atoms with Gasteiger partial charge in [0.25, 0.3) is 0 Å². The zero-order chi connectivity index (χ0) is 17.1. The van der Waals surface area contributed by atoms with Crippen molar-refractivity contribution in [2.24, 2.45) is 0 Å². The number of benzene rings is 1. The Labute approximate surface area is 135 Å². The third kappa shape index (κ3) is 5.49. The van der Waals surface area contributed by atoms with Gasteiger partial charge in [-0.2, -0.15) is 13.2 Å². The molecule has 1 aliphatic rings. The molecule has 7 heteroatoms. The molecule has 1 aromatic rings. The van der Waals surface area contributed by atoms with Crippen LogP contribution in [-0.4, -0.2) is 32.5 Å². The van der Waals surface area contributed by atoms with Crippen molar-refractivity contribution in [2.45, 2.75) is 44.3 Å². The quantitative estimate of drug-likeness (QED) is 0.887. The van der Waals surface area contributed by atoms with Crippen molar-refractivity contribution in [3.8, 4) is 0 Å². The van der Waals surface area contributed by atoms with Gasteiger partial charge in [0.05, 0.1) is 17.1 Å². The van der Waals surface area contributed by atoms with Gasteiger partial charge in [0.2, 0.25) is 0 Å². The summed E-state index contributed by atoms with van der Waals surface area (Å²) in [7, 11) is -2.94. The molecule has 1 heterocycles. The Kier molecular flexibility index (Phi) is 5.73. The first-order chi connectivity index (χ1) is 10.7. The van der Waals surface area contributed by atoms with Gasteiger partial charge in [-0.25, -0.2) is 8.42 Å². The summed E-state index contributed by atoms with van der Waals surface area (Å²) in [5.74, 6) is 0.390. The topological polar surface area (TPSA) is 46.2 Å². The van der Waals surface area contributed by atoms with Gasteiger partial charge in [-0.3, -0.25) is 0 Å². The second-order valence-electron chi connectivity index (χ2n) is 6.22. The lowest BCUT2D eigenvalue weighted by molar-refractivity contribution is -0.137. The molecule has 0 spiro atoms. The van der Waals surface area contributed by atoms with Crippen LogP contribution in [0.1, 0.15) is 43.2 Å². The molecule has 0 aromatic heterocycles. The van der Waals surface area contributed by atoms with Gasteiger partial charge in [-0.1, -0.05) is 25.1 Å². The highest BCUT2D eigenvalue weighted by Crippen LogP contribution is 2.31. The van der Waals surface area contributed by atoms with Crippen molar-refractivity contribution in [1.82, 2.24) is 5.32 Å². The second kappa shape index (κ2) is 7.21. The van der Waals surface area contributed by atoms with Crippen LogP contribution in [0, 0.1) is 0 Å². The molecule has 23 heavy (non-hydrogen) atoms. The standard InChI is InChI=1S/C16H22F3NO2S/c1-12(13-4-2-5-14(10-13)16(17,18)19)7-8-20-15-6-3-9-23(21,22)11-15/h2,4-5,10,12,15,20H,3,6-9,11H2,1H3/t12-,15+/m0/s1. The molecule has 0 radical (unpaired) electrons. The van der Waals surface area contributed by atoms with Crippen LogP contribution < -0.4 is 5.32 Å². The van der Waals surface area contributed by atoms with Crippen LogP contribution in [-0.2, 0) is 16.0 Å². The zero-order valence-corrected chi connectivity index (χ0v) is 13.9. The number of sulfone groups is 1. The van der Waals surface area contributed by atoms with Gasteiger partial charge in [0.15, 0.2) is 9.84 Å². The highest BCUT2D eigenvalue weighted by Gasteiger charge is 2.30. The Balaban J connectivity index is 1.86. The molecule has 0 bridgehead atoms. The van der Waals surface area contributed by atoms with Gasteiger partial charge >= 0.3 is 6.18 Å². The van der Waals surface area contributed by atoms with E-state index in [4.69, 9.17) is 0 Å². The van der Waals surface area contributed by atoms with Crippen LogP contribution in [0.2, 0.25) is 0 Å². The summed E-state index contributed by atoms with van der Waals surface area (Å²) in [6.45, 7) is 2.48. The molecule has 0 aliphatic carbocycles. The number of alkyl halides is 3. The van der Waals surface area contributed by atoms with E-state index in [0.717, 1.165) is 12.5 Å². The number of rotatable bonds is 5. The number of hydrogen-bond donors (Lipinski definition) is 1. The Bertz CT molecular complexity index is 628. The van der Waals surface area contributed by atoms with Crippen LogP contribution in [0.25, 0.3) is 0 Å². The Morgan fingerprint density at radius 2 is 2.09 bits per heavy atom. The summed E-state index contributed by atoms with van der Waals surface area (Å²) < 4.78 is 61.3. The van der Waals surface area contributed by atoms with Crippen molar-refractivity contribution >= 4 is 9.84 Å². The molecule has 1 aromatic carbocycles.